The molecule has 1 N–H and O–H groups in total. The predicted molar refractivity (Wildman–Crippen MR) is 132 cm³/mol. The Morgan fingerprint density at radius 2 is 1.53 bits per heavy atom. The Hall–Kier alpha value is -1.96. The minimum atomic E-state index is -0.330. The quantitative estimate of drug-likeness (QED) is 0.238. The minimum Gasteiger partial charge on any atom is -0.481 e. The van der Waals surface area contributed by atoms with E-state index in [9.17, 15) is 4.79 Å². The maximum Gasteiger partial charge on any atom is 0.277 e. The average molecular weight is 595 g/mol. The Kier molecular flexibility index (Phi) is 8.24. The molecule has 3 aromatic carbocycles. The fourth-order valence-corrected chi connectivity index (χ4v) is 5.29. The molecule has 30 heavy (non-hydrogen) atoms. The lowest BCUT2D eigenvalue weighted by atomic mass is 10.0. The number of rotatable bonds is 7. The summed E-state index contributed by atoms with van der Waals surface area (Å²) < 4.78 is 8.01. The van der Waals surface area contributed by atoms with Gasteiger partial charge in [0.1, 0.15) is 5.75 Å². The van der Waals surface area contributed by atoms with Crippen molar-refractivity contribution in [2.24, 2.45) is 5.10 Å². The Bertz CT molecular complexity index is 1030. The number of carbonyl (C=O) groups excluding carboxylic acids is 1. The van der Waals surface area contributed by atoms with Crippen molar-refractivity contribution in [2.45, 2.75) is 13.3 Å². The molecule has 0 heterocycles. The number of hydrogen-bond acceptors (Lipinski definition) is 3. The fraction of sp³-hybridized carbons (Fsp3) is 0.130. The average Bonchev–Trinajstić information content (AvgIpc) is 2.74. The molecule has 4 nitrogen and oxygen atoms in total. The lowest BCUT2D eigenvalue weighted by Crippen LogP contribution is -2.26. The first-order valence-corrected chi connectivity index (χ1v) is 11.6. The van der Waals surface area contributed by atoms with Crippen LogP contribution in [0, 0.1) is 0 Å². The van der Waals surface area contributed by atoms with Gasteiger partial charge in [0.25, 0.3) is 5.91 Å². The van der Waals surface area contributed by atoms with Crippen molar-refractivity contribution < 1.29 is 9.53 Å². The van der Waals surface area contributed by atoms with Crippen LogP contribution in [0.25, 0.3) is 11.1 Å². The van der Waals surface area contributed by atoms with Gasteiger partial charge >= 0.3 is 0 Å². The number of nitrogens with zero attached hydrogens (tertiary/aromatic N) is 1. The molecule has 3 aromatic rings. The van der Waals surface area contributed by atoms with Gasteiger partial charge in [-0.3, -0.25) is 4.79 Å². The molecule has 0 spiro atoms. The van der Waals surface area contributed by atoms with Crippen molar-refractivity contribution in [3.8, 4) is 16.9 Å². The van der Waals surface area contributed by atoms with Crippen LogP contribution in [0.5, 0.6) is 5.75 Å². The summed E-state index contributed by atoms with van der Waals surface area (Å²) in [4.78, 5) is 12.2. The number of hydrazone groups is 1. The van der Waals surface area contributed by atoms with E-state index in [0.29, 0.717) is 12.2 Å². The molecule has 3 rings (SSSR count). The van der Waals surface area contributed by atoms with Crippen LogP contribution < -0.4 is 10.2 Å². The highest BCUT2D eigenvalue weighted by molar-refractivity contribution is 9.11. The molecule has 0 atom stereocenters. The summed E-state index contributed by atoms with van der Waals surface area (Å²) in [7, 11) is 0. The van der Waals surface area contributed by atoms with Crippen molar-refractivity contribution in [3.05, 3.63) is 85.7 Å². The highest BCUT2D eigenvalue weighted by Crippen LogP contribution is 2.36. The molecular weight excluding hydrogens is 576 g/mol. The van der Waals surface area contributed by atoms with Gasteiger partial charge in [0, 0.05) is 4.47 Å². The van der Waals surface area contributed by atoms with Crippen molar-refractivity contribution >= 4 is 59.4 Å². The first kappa shape index (κ1) is 22.7. The molecule has 0 unspecified atom stereocenters. The third kappa shape index (κ3) is 6.03. The third-order valence-corrected chi connectivity index (χ3v) is 5.92. The highest BCUT2D eigenvalue weighted by atomic mass is 79.9. The number of benzene rings is 3. The Labute approximate surface area is 201 Å². The van der Waals surface area contributed by atoms with Gasteiger partial charge in [-0.15, -0.1) is 0 Å². The summed E-state index contributed by atoms with van der Waals surface area (Å²) in [5.41, 5.74) is 6.65. The number of ether oxygens (including phenoxy) is 1. The van der Waals surface area contributed by atoms with Crippen LogP contribution in [0.2, 0.25) is 0 Å². The van der Waals surface area contributed by atoms with E-state index in [1.54, 1.807) is 0 Å². The lowest BCUT2D eigenvalue weighted by Gasteiger charge is -2.11. The fourth-order valence-electron chi connectivity index (χ4n) is 2.80. The van der Waals surface area contributed by atoms with Crippen LogP contribution >= 0.6 is 47.8 Å². The monoisotopic (exact) mass is 592 g/mol. The van der Waals surface area contributed by atoms with Crippen LogP contribution in [0.4, 0.5) is 0 Å². The van der Waals surface area contributed by atoms with Gasteiger partial charge in [-0.05, 0) is 67.1 Å². The maximum atomic E-state index is 12.2. The second-order valence-corrected chi connectivity index (χ2v) is 9.00. The molecule has 154 valence electrons. The lowest BCUT2D eigenvalue weighted by molar-refractivity contribution is -0.123. The van der Waals surface area contributed by atoms with E-state index in [2.05, 4.69) is 82.6 Å². The second kappa shape index (κ2) is 10.9. The summed E-state index contributed by atoms with van der Waals surface area (Å²) in [5, 5.41) is 4.29. The summed E-state index contributed by atoms with van der Waals surface area (Å²) in [6.45, 7) is 1.86. The molecule has 0 aliphatic heterocycles. The molecule has 0 bridgehead atoms. The van der Waals surface area contributed by atoms with Gasteiger partial charge in [-0.2, -0.15) is 5.10 Å². The van der Waals surface area contributed by atoms with Crippen molar-refractivity contribution in [1.82, 2.24) is 5.43 Å². The number of carbonyl (C=O) groups is 1. The first-order valence-electron chi connectivity index (χ1n) is 9.26. The molecule has 1 amide bonds. The standard InChI is InChI=1S/C23H19Br3N2O2/c1-2-21(17-10-8-16(9-11-17)15-6-4-3-5-7-15)27-28-22(29)14-30-23-19(25)12-18(24)13-20(23)26/h3-13H,2,14H2,1H3,(H,28,29). The second-order valence-electron chi connectivity index (χ2n) is 6.38. The Morgan fingerprint density at radius 3 is 2.13 bits per heavy atom. The first-order chi connectivity index (χ1) is 14.5. The van der Waals surface area contributed by atoms with E-state index in [0.717, 1.165) is 35.8 Å². The van der Waals surface area contributed by atoms with Gasteiger partial charge in [0.05, 0.1) is 14.7 Å². The number of amides is 1. The summed E-state index contributed by atoms with van der Waals surface area (Å²) in [5.74, 6) is 0.230. The molecular formula is C23H19Br3N2O2. The van der Waals surface area contributed by atoms with Crippen LogP contribution in [-0.4, -0.2) is 18.2 Å². The summed E-state index contributed by atoms with van der Waals surface area (Å²) in [6.07, 6.45) is 0.690. The minimum absolute atomic E-state index is 0.147. The molecule has 7 heteroatoms. The predicted octanol–water partition coefficient (Wildman–Crippen LogP) is 6.95. The molecule has 0 aromatic heterocycles. The summed E-state index contributed by atoms with van der Waals surface area (Å²) >= 11 is 10.3. The zero-order chi connectivity index (χ0) is 21.5. The molecule has 0 saturated carbocycles. The van der Waals surface area contributed by atoms with E-state index in [-0.39, 0.29) is 12.5 Å². The number of halogens is 3. The van der Waals surface area contributed by atoms with Crippen LogP contribution in [0.15, 0.2) is 85.2 Å². The van der Waals surface area contributed by atoms with Gasteiger partial charge in [0.2, 0.25) is 0 Å². The third-order valence-electron chi connectivity index (χ3n) is 4.29. The largest absolute Gasteiger partial charge is 0.481 e. The zero-order valence-electron chi connectivity index (χ0n) is 16.2. The van der Waals surface area contributed by atoms with E-state index in [4.69, 9.17) is 4.74 Å². The van der Waals surface area contributed by atoms with Gasteiger partial charge < -0.3 is 4.74 Å². The van der Waals surface area contributed by atoms with Crippen molar-refractivity contribution in [2.75, 3.05) is 6.61 Å². The molecule has 0 saturated heterocycles. The topological polar surface area (TPSA) is 50.7 Å². The van der Waals surface area contributed by atoms with Crippen LogP contribution in [0.3, 0.4) is 0 Å². The van der Waals surface area contributed by atoms with Gasteiger partial charge in [0.15, 0.2) is 6.61 Å². The van der Waals surface area contributed by atoms with E-state index in [1.807, 2.05) is 49.4 Å². The molecule has 0 fully saturated rings. The van der Waals surface area contributed by atoms with E-state index in [1.165, 1.54) is 0 Å². The van der Waals surface area contributed by atoms with E-state index < -0.39 is 0 Å². The maximum absolute atomic E-state index is 12.2. The van der Waals surface area contributed by atoms with Crippen molar-refractivity contribution in [1.29, 1.82) is 0 Å². The number of nitrogens with one attached hydrogen (secondary N) is 1. The normalized spacial score (nSPS) is 11.3. The van der Waals surface area contributed by atoms with Crippen LogP contribution in [0.1, 0.15) is 18.9 Å². The molecule has 0 aliphatic rings. The highest BCUT2D eigenvalue weighted by Gasteiger charge is 2.11. The Balaban J connectivity index is 1.63. The smallest absolute Gasteiger partial charge is 0.277 e. The van der Waals surface area contributed by atoms with E-state index >= 15 is 0 Å². The molecule has 0 aliphatic carbocycles. The Morgan fingerprint density at radius 1 is 0.933 bits per heavy atom. The summed E-state index contributed by atoms with van der Waals surface area (Å²) in [6, 6.07) is 22.0. The van der Waals surface area contributed by atoms with Crippen molar-refractivity contribution in [3.63, 3.8) is 0 Å². The van der Waals surface area contributed by atoms with Gasteiger partial charge in [-0.1, -0.05) is 77.5 Å². The van der Waals surface area contributed by atoms with Gasteiger partial charge in [-0.25, -0.2) is 5.43 Å². The number of hydrogen-bond donors (Lipinski definition) is 1. The van der Waals surface area contributed by atoms with Crippen LogP contribution in [-0.2, 0) is 4.79 Å². The SMILES string of the molecule is CCC(=NNC(=O)COc1c(Br)cc(Br)cc1Br)c1ccc(-c2ccccc2)cc1. The zero-order valence-corrected chi connectivity index (χ0v) is 20.9. The molecule has 0 radical (unpaired) electrons.